The lowest BCUT2D eigenvalue weighted by molar-refractivity contribution is 0.102. The molecule has 0 saturated carbocycles. The van der Waals surface area contributed by atoms with Crippen LogP contribution < -0.4 is 15.5 Å². The van der Waals surface area contributed by atoms with Crippen molar-refractivity contribution in [2.24, 2.45) is 0 Å². The number of pyridine rings is 1. The van der Waals surface area contributed by atoms with Gasteiger partial charge in [-0.1, -0.05) is 12.1 Å². The molecule has 2 N–H and O–H groups in total. The molecule has 3 aromatic rings. The second-order valence-electron chi connectivity index (χ2n) is 6.69. The average molecular weight is 392 g/mol. The molecule has 0 aliphatic carbocycles. The van der Waals surface area contributed by atoms with Gasteiger partial charge in [0, 0.05) is 30.7 Å². The first-order chi connectivity index (χ1) is 14.0. The van der Waals surface area contributed by atoms with Crippen molar-refractivity contribution in [3.8, 4) is 0 Å². The molecule has 150 valence electrons. The number of benzene rings is 2. The second-order valence-corrected chi connectivity index (χ2v) is 6.69. The van der Waals surface area contributed by atoms with Gasteiger partial charge in [-0.3, -0.25) is 9.78 Å². The molecule has 0 aliphatic rings. The molecule has 5 nitrogen and oxygen atoms in total. The zero-order valence-corrected chi connectivity index (χ0v) is 16.9. The molecule has 0 unspecified atom stereocenters. The van der Waals surface area contributed by atoms with Gasteiger partial charge in [0.25, 0.3) is 5.91 Å². The zero-order valence-electron chi connectivity index (χ0n) is 16.9. The maximum atomic E-state index is 13.8. The maximum Gasteiger partial charge on any atom is 0.257 e. The summed E-state index contributed by atoms with van der Waals surface area (Å²) < 4.78 is 13.8. The molecule has 2 aromatic carbocycles. The van der Waals surface area contributed by atoms with Crippen molar-refractivity contribution in [3.05, 3.63) is 77.9 Å². The van der Waals surface area contributed by atoms with Gasteiger partial charge in [-0.25, -0.2) is 4.39 Å². The summed E-state index contributed by atoms with van der Waals surface area (Å²) in [5.74, 6) is -0.896. The first kappa shape index (κ1) is 20.3. The molecule has 0 saturated heterocycles. The van der Waals surface area contributed by atoms with Crippen LogP contribution in [0.2, 0.25) is 0 Å². The Kier molecular flexibility index (Phi) is 6.44. The third-order valence-corrected chi connectivity index (χ3v) is 4.74. The maximum absolute atomic E-state index is 13.8. The number of amides is 1. The Labute approximate surface area is 170 Å². The lowest BCUT2D eigenvalue weighted by Crippen LogP contribution is -2.21. The highest BCUT2D eigenvalue weighted by Crippen LogP contribution is 2.26. The number of carbonyl (C=O) groups excluding carboxylic acids is 1. The summed E-state index contributed by atoms with van der Waals surface area (Å²) in [5, 5.41) is 5.88. The molecular weight excluding hydrogens is 367 g/mol. The van der Waals surface area contributed by atoms with E-state index in [0.717, 1.165) is 24.3 Å². The van der Waals surface area contributed by atoms with Crippen molar-refractivity contribution in [2.45, 2.75) is 20.8 Å². The van der Waals surface area contributed by atoms with Crippen molar-refractivity contribution < 1.29 is 9.18 Å². The van der Waals surface area contributed by atoms with Crippen LogP contribution in [0.3, 0.4) is 0 Å². The molecular formula is C23H25FN4O. The Morgan fingerprint density at radius 3 is 2.48 bits per heavy atom. The first-order valence-corrected chi connectivity index (χ1v) is 9.65. The van der Waals surface area contributed by atoms with Crippen LogP contribution >= 0.6 is 0 Å². The standard InChI is InChI=1S/C23H25FN4O/c1-4-28(5-2)19-10-11-21(16(3)12-19)26-18-13-17(14-25-15-18)23(29)27-22-9-7-6-8-20(22)24/h6-15,26H,4-5H2,1-3H3,(H,27,29). The Hall–Kier alpha value is -3.41. The number of hydrogen-bond acceptors (Lipinski definition) is 4. The van der Waals surface area contributed by atoms with Gasteiger partial charge in [0.2, 0.25) is 0 Å². The number of halogens is 1. The molecule has 0 atom stereocenters. The third-order valence-electron chi connectivity index (χ3n) is 4.74. The summed E-state index contributed by atoms with van der Waals surface area (Å²) in [6.07, 6.45) is 3.11. The van der Waals surface area contributed by atoms with E-state index in [1.54, 1.807) is 24.4 Å². The number of aromatic nitrogens is 1. The molecule has 1 heterocycles. The smallest absolute Gasteiger partial charge is 0.257 e. The van der Waals surface area contributed by atoms with E-state index in [1.165, 1.54) is 24.0 Å². The Balaban J connectivity index is 1.76. The molecule has 1 aromatic heterocycles. The largest absolute Gasteiger partial charge is 0.372 e. The molecule has 1 amide bonds. The Bertz CT molecular complexity index is 1000. The van der Waals surface area contributed by atoms with E-state index < -0.39 is 11.7 Å². The van der Waals surface area contributed by atoms with E-state index in [4.69, 9.17) is 0 Å². The molecule has 0 spiro atoms. The normalized spacial score (nSPS) is 10.5. The summed E-state index contributed by atoms with van der Waals surface area (Å²) in [7, 11) is 0. The number of aryl methyl sites for hydroxylation is 1. The van der Waals surface area contributed by atoms with Gasteiger partial charge < -0.3 is 15.5 Å². The number of carbonyl (C=O) groups is 1. The predicted molar refractivity (Wildman–Crippen MR) is 117 cm³/mol. The Morgan fingerprint density at radius 1 is 1.03 bits per heavy atom. The minimum atomic E-state index is -0.480. The van der Waals surface area contributed by atoms with Crippen LogP contribution in [0.5, 0.6) is 0 Å². The van der Waals surface area contributed by atoms with Crippen LogP contribution in [0.25, 0.3) is 0 Å². The lowest BCUT2D eigenvalue weighted by Gasteiger charge is -2.22. The topological polar surface area (TPSA) is 57.3 Å². The van der Waals surface area contributed by atoms with E-state index >= 15 is 0 Å². The first-order valence-electron chi connectivity index (χ1n) is 9.65. The molecule has 0 fully saturated rings. The highest BCUT2D eigenvalue weighted by atomic mass is 19.1. The van der Waals surface area contributed by atoms with Crippen LogP contribution in [0.4, 0.5) is 27.1 Å². The second kappa shape index (κ2) is 9.19. The number of rotatable bonds is 7. The van der Waals surface area contributed by atoms with Gasteiger partial charge in [0.15, 0.2) is 0 Å². The van der Waals surface area contributed by atoms with Gasteiger partial charge in [-0.15, -0.1) is 0 Å². The highest BCUT2D eigenvalue weighted by Gasteiger charge is 2.11. The molecule has 0 bridgehead atoms. The van der Waals surface area contributed by atoms with Crippen LogP contribution in [0.1, 0.15) is 29.8 Å². The molecule has 0 aliphatic heterocycles. The van der Waals surface area contributed by atoms with Crippen molar-refractivity contribution in [1.82, 2.24) is 4.98 Å². The minimum Gasteiger partial charge on any atom is -0.372 e. The van der Waals surface area contributed by atoms with Crippen molar-refractivity contribution in [1.29, 1.82) is 0 Å². The minimum absolute atomic E-state index is 0.138. The van der Waals surface area contributed by atoms with Crippen molar-refractivity contribution >= 4 is 28.7 Å². The highest BCUT2D eigenvalue weighted by molar-refractivity contribution is 6.04. The van der Waals surface area contributed by atoms with Gasteiger partial charge in [0.05, 0.1) is 23.1 Å². The fourth-order valence-electron chi connectivity index (χ4n) is 3.12. The third kappa shape index (κ3) is 4.90. The van der Waals surface area contributed by atoms with Crippen LogP contribution in [-0.2, 0) is 0 Å². The Morgan fingerprint density at radius 2 is 1.79 bits per heavy atom. The van der Waals surface area contributed by atoms with E-state index in [0.29, 0.717) is 11.3 Å². The summed E-state index contributed by atoms with van der Waals surface area (Å²) in [5.41, 5.74) is 4.37. The fraction of sp³-hybridized carbons (Fsp3) is 0.217. The van der Waals surface area contributed by atoms with Crippen LogP contribution in [0.15, 0.2) is 60.9 Å². The average Bonchev–Trinajstić information content (AvgIpc) is 2.73. The number of nitrogens with one attached hydrogen (secondary N) is 2. The van der Waals surface area contributed by atoms with Crippen LogP contribution in [-0.4, -0.2) is 24.0 Å². The van der Waals surface area contributed by atoms with E-state index in [2.05, 4.69) is 46.5 Å². The van der Waals surface area contributed by atoms with Gasteiger partial charge in [-0.2, -0.15) is 0 Å². The monoisotopic (exact) mass is 392 g/mol. The lowest BCUT2D eigenvalue weighted by atomic mass is 10.1. The van der Waals surface area contributed by atoms with E-state index in [9.17, 15) is 9.18 Å². The van der Waals surface area contributed by atoms with Gasteiger partial charge in [0.1, 0.15) is 5.82 Å². The molecule has 29 heavy (non-hydrogen) atoms. The number of hydrogen-bond donors (Lipinski definition) is 2. The van der Waals surface area contributed by atoms with E-state index in [1.807, 2.05) is 13.0 Å². The summed E-state index contributed by atoms with van der Waals surface area (Å²) in [6.45, 7) is 8.21. The predicted octanol–water partition coefficient (Wildman–Crippen LogP) is 5.37. The van der Waals surface area contributed by atoms with E-state index in [-0.39, 0.29) is 5.69 Å². The fourth-order valence-corrected chi connectivity index (χ4v) is 3.12. The SMILES string of the molecule is CCN(CC)c1ccc(Nc2cncc(C(=O)Nc3ccccc3F)c2)c(C)c1. The summed E-state index contributed by atoms with van der Waals surface area (Å²) in [6, 6.07) is 14.0. The summed E-state index contributed by atoms with van der Waals surface area (Å²) in [4.78, 5) is 18.9. The number of nitrogens with zero attached hydrogens (tertiary/aromatic N) is 2. The van der Waals surface area contributed by atoms with Gasteiger partial charge in [-0.05, 0) is 62.7 Å². The van der Waals surface area contributed by atoms with Crippen molar-refractivity contribution in [3.63, 3.8) is 0 Å². The molecule has 0 radical (unpaired) electrons. The molecule has 3 rings (SSSR count). The summed E-state index contributed by atoms with van der Waals surface area (Å²) >= 11 is 0. The van der Waals surface area contributed by atoms with Gasteiger partial charge >= 0.3 is 0 Å². The quantitative estimate of drug-likeness (QED) is 0.567. The number of para-hydroxylation sites is 1. The molecule has 6 heteroatoms. The number of anilines is 4. The zero-order chi connectivity index (χ0) is 20.8. The van der Waals surface area contributed by atoms with Crippen molar-refractivity contribution in [2.75, 3.05) is 28.6 Å². The van der Waals surface area contributed by atoms with Crippen LogP contribution in [0, 0.1) is 12.7 Å².